The Hall–Kier alpha value is 0.280. The molecule has 0 spiro atoms. The number of β-amino-alcohol motifs (C(OH)–C–C–N with tert-alkyl or cyclic N) is 1. The first-order chi connectivity index (χ1) is 5.71. The topological polar surface area (TPSA) is 45.2 Å². The molecule has 1 aliphatic rings. The molecular weight excluding hydrogens is 287 g/mol. The summed E-state index contributed by atoms with van der Waals surface area (Å²) >= 11 is 3.79. The van der Waals surface area contributed by atoms with E-state index in [4.69, 9.17) is 0 Å². The summed E-state index contributed by atoms with van der Waals surface area (Å²) in [6, 6.07) is 0. The summed E-state index contributed by atoms with van der Waals surface area (Å²) in [6.07, 6.45) is 2.58. The Kier molecular flexibility index (Phi) is 2.37. The number of aliphatic hydroxyl groups is 1. The number of halogens is 1. The molecular formula is C7H9IN2OS. The second-order valence-electron chi connectivity index (χ2n) is 2.93. The van der Waals surface area contributed by atoms with Crippen LogP contribution in [0.15, 0.2) is 6.20 Å². The molecule has 0 amide bonds. The lowest BCUT2D eigenvalue weighted by molar-refractivity contribution is 0.0585. The van der Waals surface area contributed by atoms with Crippen LogP contribution in [0.4, 0.5) is 0 Å². The number of hydrogen-bond acceptors (Lipinski definition) is 4. The molecule has 0 bridgehead atoms. The van der Waals surface area contributed by atoms with Gasteiger partial charge < -0.3 is 10.4 Å². The summed E-state index contributed by atoms with van der Waals surface area (Å²) in [5.74, 6) is 0. The highest BCUT2D eigenvalue weighted by Gasteiger charge is 2.35. The maximum Gasteiger partial charge on any atom is 0.130 e. The Balaban J connectivity index is 2.28. The molecule has 1 atom stereocenters. The van der Waals surface area contributed by atoms with E-state index in [9.17, 15) is 5.11 Å². The van der Waals surface area contributed by atoms with Gasteiger partial charge in [0.15, 0.2) is 0 Å². The van der Waals surface area contributed by atoms with Crippen LogP contribution in [0.5, 0.6) is 0 Å². The fourth-order valence-corrected chi connectivity index (χ4v) is 2.86. The summed E-state index contributed by atoms with van der Waals surface area (Å²) in [5, 5.41) is 14.0. The first kappa shape index (κ1) is 8.86. The minimum Gasteiger partial charge on any atom is -0.381 e. The molecule has 1 aliphatic heterocycles. The molecule has 0 saturated carbocycles. The molecule has 1 aromatic rings. The molecule has 1 unspecified atom stereocenters. The highest BCUT2D eigenvalue weighted by Crippen LogP contribution is 2.31. The van der Waals surface area contributed by atoms with E-state index in [2.05, 4.69) is 32.9 Å². The number of aromatic nitrogens is 1. The van der Waals surface area contributed by atoms with Crippen LogP contribution in [0.1, 0.15) is 11.4 Å². The highest BCUT2D eigenvalue weighted by atomic mass is 127. The van der Waals surface area contributed by atoms with Crippen molar-refractivity contribution in [2.24, 2.45) is 0 Å². The molecule has 1 fully saturated rings. The Morgan fingerprint density at radius 3 is 3.08 bits per heavy atom. The number of nitrogens with zero attached hydrogens (tertiary/aromatic N) is 1. The zero-order chi connectivity index (χ0) is 8.60. The van der Waals surface area contributed by atoms with E-state index in [1.54, 1.807) is 17.5 Å². The second-order valence-corrected chi connectivity index (χ2v) is 5.85. The molecule has 2 heterocycles. The molecule has 66 valence electrons. The van der Waals surface area contributed by atoms with Gasteiger partial charge in [-0.05, 0) is 35.6 Å². The number of nitrogens with one attached hydrogen (secondary N) is 1. The van der Waals surface area contributed by atoms with Crippen LogP contribution in [0, 0.1) is 2.88 Å². The van der Waals surface area contributed by atoms with Gasteiger partial charge in [0, 0.05) is 6.54 Å². The summed E-state index contributed by atoms with van der Waals surface area (Å²) < 4.78 is 1.13. The van der Waals surface area contributed by atoms with Crippen LogP contribution in [-0.4, -0.2) is 23.2 Å². The van der Waals surface area contributed by atoms with E-state index in [0.29, 0.717) is 6.54 Å². The van der Waals surface area contributed by atoms with Gasteiger partial charge in [-0.1, -0.05) is 0 Å². The monoisotopic (exact) mass is 296 g/mol. The van der Waals surface area contributed by atoms with E-state index >= 15 is 0 Å². The summed E-state index contributed by atoms with van der Waals surface area (Å²) in [6.45, 7) is 1.52. The molecule has 0 aliphatic carbocycles. The van der Waals surface area contributed by atoms with E-state index in [1.807, 2.05) is 0 Å². The van der Waals surface area contributed by atoms with E-state index in [1.165, 1.54) is 0 Å². The maximum absolute atomic E-state index is 10.1. The fourth-order valence-electron chi connectivity index (χ4n) is 1.33. The average Bonchev–Trinajstić information content (AvgIpc) is 2.59. The van der Waals surface area contributed by atoms with Gasteiger partial charge >= 0.3 is 0 Å². The van der Waals surface area contributed by atoms with Crippen LogP contribution < -0.4 is 5.32 Å². The van der Waals surface area contributed by atoms with Crippen molar-refractivity contribution in [1.82, 2.24) is 10.3 Å². The minimum atomic E-state index is -0.700. The zero-order valence-corrected chi connectivity index (χ0v) is 9.35. The highest BCUT2D eigenvalue weighted by molar-refractivity contribution is 14.1. The van der Waals surface area contributed by atoms with E-state index < -0.39 is 5.60 Å². The summed E-state index contributed by atoms with van der Waals surface area (Å²) in [4.78, 5) is 4.19. The average molecular weight is 296 g/mol. The third-order valence-electron chi connectivity index (χ3n) is 2.01. The van der Waals surface area contributed by atoms with Crippen molar-refractivity contribution in [3.8, 4) is 0 Å². The number of rotatable bonds is 1. The SMILES string of the molecule is OC1(c2ncc(I)s2)CCNC1. The van der Waals surface area contributed by atoms with E-state index in [-0.39, 0.29) is 0 Å². The summed E-state index contributed by atoms with van der Waals surface area (Å²) in [7, 11) is 0. The molecule has 3 nitrogen and oxygen atoms in total. The quantitative estimate of drug-likeness (QED) is 0.758. The number of thiazole rings is 1. The molecule has 0 aromatic carbocycles. The maximum atomic E-state index is 10.1. The Labute approximate surface area is 88.4 Å². The largest absolute Gasteiger partial charge is 0.381 e. The van der Waals surface area contributed by atoms with Gasteiger partial charge in [-0.3, -0.25) is 0 Å². The minimum absolute atomic E-state index is 0.636. The molecule has 1 saturated heterocycles. The number of hydrogen-bond donors (Lipinski definition) is 2. The first-order valence-electron chi connectivity index (χ1n) is 3.76. The third-order valence-corrected chi connectivity index (χ3v) is 3.93. The lowest BCUT2D eigenvalue weighted by Crippen LogP contribution is -2.27. The van der Waals surface area contributed by atoms with Gasteiger partial charge in [0.05, 0.1) is 9.08 Å². The lowest BCUT2D eigenvalue weighted by atomic mass is 10.1. The van der Waals surface area contributed by atoms with Gasteiger partial charge in [-0.25, -0.2) is 4.98 Å². The van der Waals surface area contributed by atoms with Crippen molar-refractivity contribution >= 4 is 33.9 Å². The first-order valence-corrected chi connectivity index (χ1v) is 5.65. The predicted octanol–water partition coefficient (Wildman–Crippen LogP) is 0.929. The van der Waals surface area contributed by atoms with E-state index in [0.717, 1.165) is 20.9 Å². The smallest absolute Gasteiger partial charge is 0.130 e. The van der Waals surface area contributed by atoms with Crippen LogP contribution in [0.25, 0.3) is 0 Å². The van der Waals surface area contributed by atoms with Crippen molar-refractivity contribution in [3.63, 3.8) is 0 Å². The van der Waals surface area contributed by atoms with Crippen LogP contribution in [0.3, 0.4) is 0 Å². The van der Waals surface area contributed by atoms with Gasteiger partial charge in [0.1, 0.15) is 10.6 Å². The van der Waals surface area contributed by atoms with Crippen molar-refractivity contribution in [2.75, 3.05) is 13.1 Å². The Morgan fingerprint density at radius 1 is 1.75 bits per heavy atom. The van der Waals surface area contributed by atoms with Crippen molar-refractivity contribution < 1.29 is 5.11 Å². The van der Waals surface area contributed by atoms with Crippen LogP contribution >= 0.6 is 33.9 Å². The van der Waals surface area contributed by atoms with Gasteiger partial charge in [0.25, 0.3) is 0 Å². The fraction of sp³-hybridized carbons (Fsp3) is 0.571. The Morgan fingerprint density at radius 2 is 2.58 bits per heavy atom. The molecule has 2 N–H and O–H groups in total. The molecule has 1 aromatic heterocycles. The predicted molar refractivity (Wildman–Crippen MR) is 56.2 cm³/mol. The van der Waals surface area contributed by atoms with Gasteiger partial charge in [-0.15, -0.1) is 11.3 Å². The molecule has 0 radical (unpaired) electrons. The normalized spacial score (nSPS) is 29.5. The second kappa shape index (κ2) is 3.21. The van der Waals surface area contributed by atoms with Crippen molar-refractivity contribution in [2.45, 2.75) is 12.0 Å². The summed E-state index contributed by atoms with van der Waals surface area (Å²) in [5.41, 5.74) is -0.700. The zero-order valence-electron chi connectivity index (χ0n) is 6.38. The van der Waals surface area contributed by atoms with Crippen molar-refractivity contribution in [3.05, 3.63) is 14.1 Å². The van der Waals surface area contributed by atoms with Crippen molar-refractivity contribution in [1.29, 1.82) is 0 Å². The lowest BCUT2D eigenvalue weighted by Gasteiger charge is -2.17. The van der Waals surface area contributed by atoms with Gasteiger partial charge in [-0.2, -0.15) is 0 Å². The molecule has 12 heavy (non-hydrogen) atoms. The van der Waals surface area contributed by atoms with Crippen LogP contribution in [-0.2, 0) is 5.60 Å². The van der Waals surface area contributed by atoms with Gasteiger partial charge in [0.2, 0.25) is 0 Å². The third kappa shape index (κ3) is 1.50. The molecule has 5 heteroatoms. The molecule has 2 rings (SSSR count). The van der Waals surface area contributed by atoms with Crippen LogP contribution in [0.2, 0.25) is 0 Å². The Bertz CT molecular complexity index is 283. The standard InChI is InChI=1S/C7H9IN2OS/c8-5-3-10-6(12-5)7(11)1-2-9-4-7/h3,9,11H,1-2,4H2.